The van der Waals surface area contributed by atoms with Crippen molar-refractivity contribution in [1.29, 1.82) is 0 Å². The number of nitrogens with one attached hydrogen (secondary N) is 1. The molecule has 4 aromatic rings. The normalized spacial score (nSPS) is 13.6. The van der Waals surface area contributed by atoms with E-state index in [1.54, 1.807) is 6.92 Å². The van der Waals surface area contributed by atoms with Crippen LogP contribution in [0, 0.1) is 12.8 Å². The number of hydrogen-bond acceptors (Lipinski definition) is 5. The zero-order valence-electron chi connectivity index (χ0n) is 24.7. The Bertz CT molecular complexity index is 1630. The zero-order valence-corrected chi connectivity index (χ0v) is 24.7. The van der Waals surface area contributed by atoms with Gasteiger partial charge in [-0.15, -0.1) is 0 Å². The van der Waals surface area contributed by atoms with Gasteiger partial charge in [-0.25, -0.2) is 0 Å². The molecule has 1 aliphatic heterocycles. The van der Waals surface area contributed by atoms with Crippen molar-refractivity contribution in [3.63, 3.8) is 0 Å². The predicted molar refractivity (Wildman–Crippen MR) is 172 cm³/mol. The standard InChI is InChI=1S/C37H38N2O3/c1-25-9-7-12-30-13-8-14-35(37(25)30)38-24-32(41)23-31(27(3)40)22-28-15-17-33(18-16-28)42-20-19-34-26(2)21-36(39-34)29-10-5-4-6-11-29/h4-18,31,38H,19-24H2,1-3H3. The Balaban J connectivity index is 1.11. The summed E-state index contributed by atoms with van der Waals surface area (Å²) in [5, 5.41) is 5.57. The van der Waals surface area contributed by atoms with Crippen molar-refractivity contribution in [2.24, 2.45) is 10.9 Å². The maximum Gasteiger partial charge on any atom is 0.152 e. The van der Waals surface area contributed by atoms with Crippen LogP contribution in [0.15, 0.2) is 107 Å². The number of allylic oxidation sites excluding steroid dienone is 1. The number of carbonyl (C=O) groups excluding carboxylic acids is 2. The number of carbonyl (C=O) groups is 2. The number of aliphatic imine (C=N–C) groups is 1. The number of hydrogen-bond donors (Lipinski definition) is 1. The third-order valence-electron chi connectivity index (χ3n) is 7.95. The Morgan fingerprint density at radius 3 is 2.38 bits per heavy atom. The number of Topliss-reactive ketones (excluding diaryl/α,β-unsaturated/α-hetero) is 2. The largest absolute Gasteiger partial charge is 0.493 e. The first-order valence-corrected chi connectivity index (χ1v) is 14.6. The highest BCUT2D eigenvalue weighted by atomic mass is 16.5. The van der Waals surface area contributed by atoms with Crippen LogP contribution in [0.3, 0.4) is 0 Å². The van der Waals surface area contributed by atoms with E-state index in [2.05, 4.69) is 49.5 Å². The van der Waals surface area contributed by atoms with E-state index in [1.165, 1.54) is 11.1 Å². The number of benzene rings is 4. The Labute approximate surface area is 248 Å². The highest BCUT2D eigenvalue weighted by Crippen LogP contribution is 2.28. The van der Waals surface area contributed by atoms with Crippen molar-refractivity contribution in [2.75, 3.05) is 18.5 Å². The molecular weight excluding hydrogens is 520 g/mol. The van der Waals surface area contributed by atoms with Crippen LogP contribution in [0.4, 0.5) is 5.69 Å². The van der Waals surface area contributed by atoms with Crippen molar-refractivity contribution in [1.82, 2.24) is 0 Å². The summed E-state index contributed by atoms with van der Waals surface area (Å²) in [5.74, 6) is 0.484. The van der Waals surface area contributed by atoms with Gasteiger partial charge in [0.1, 0.15) is 11.5 Å². The molecule has 1 heterocycles. The summed E-state index contributed by atoms with van der Waals surface area (Å²) in [6.07, 6.45) is 2.37. The lowest BCUT2D eigenvalue weighted by Crippen LogP contribution is -2.23. The van der Waals surface area contributed by atoms with Gasteiger partial charge in [0.2, 0.25) is 0 Å². The Hall–Kier alpha value is -4.51. The second-order valence-corrected chi connectivity index (χ2v) is 11.2. The third-order valence-corrected chi connectivity index (χ3v) is 7.95. The zero-order chi connectivity index (χ0) is 29.5. The molecular formula is C37H38N2O3. The van der Waals surface area contributed by atoms with E-state index in [-0.39, 0.29) is 30.4 Å². The van der Waals surface area contributed by atoms with Gasteiger partial charge in [0, 0.05) is 42.0 Å². The lowest BCUT2D eigenvalue weighted by Gasteiger charge is -2.15. The molecule has 0 fully saturated rings. The molecule has 42 heavy (non-hydrogen) atoms. The molecule has 4 aromatic carbocycles. The lowest BCUT2D eigenvalue weighted by molar-refractivity contribution is -0.125. The highest BCUT2D eigenvalue weighted by molar-refractivity contribution is 6.04. The van der Waals surface area contributed by atoms with Crippen LogP contribution in [-0.4, -0.2) is 30.4 Å². The van der Waals surface area contributed by atoms with E-state index in [0.717, 1.165) is 57.6 Å². The minimum atomic E-state index is -0.353. The molecule has 0 amide bonds. The van der Waals surface area contributed by atoms with Gasteiger partial charge < -0.3 is 10.1 Å². The van der Waals surface area contributed by atoms with E-state index in [0.29, 0.717) is 13.0 Å². The summed E-state index contributed by atoms with van der Waals surface area (Å²) in [4.78, 5) is 30.2. The predicted octanol–water partition coefficient (Wildman–Crippen LogP) is 7.90. The van der Waals surface area contributed by atoms with Gasteiger partial charge in [-0.05, 0) is 73.0 Å². The van der Waals surface area contributed by atoms with Crippen molar-refractivity contribution in [3.05, 3.63) is 119 Å². The summed E-state index contributed by atoms with van der Waals surface area (Å²) in [6, 6.07) is 30.4. The molecule has 0 aliphatic carbocycles. The number of aryl methyl sites for hydroxylation is 1. The second-order valence-electron chi connectivity index (χ2n) is 11.2. The van der Waals surface area contributed by atoms with Gasteiger partial charge in [0.25, 0.3) is 0 Å². The molecule has 5 nitrogen and oxygen atoms in total. The minimum Gasteiger partial charge on any atom is -0.493 e. The van der Waals surface area contributed by atoms with Crippen LogP contribution in [-0.2, 0) is 16.0 Å². The Morgan fingerprint density at radius 1 is 0.905 bits per heavy atom. The fourth-order valence-corrected chi connectivity index (χ4v) is 5.57. The fourth-order valence-electron chi connectivity index (χ4n) is 5.57. The molecule has 1 unspecified atom stereocenters. The summed E-state index contributed by atoms with van der Waals surface area (Å²) < 4.78 is 6.01. The number of anilines is 1. The SMILES string of the molecule is CC(=O)C(CC(=O)CNc1cccc2cccc(C)c12)Cc1ccc(OCCC2=C(C)CC(c3ccccc3)=N2)cc1. The first kappa shape index (κ1) is 29.0. The molecule has 0 saturated carbocycles. The van der Waals surface area contributed by atoms with E-state index >= 15 is 0 Å². The minimum absolute atomic E-state index is 0.0235. The van der Waals surface area contributed by atoms with E-state index in [9.17, 15) is 9.59 Å². The summed E-state index contributed by atoms with van der Waals surface area (Å²) in [6.45, 7) is 6.52. The van der Waals surface area contributed by atoms with Crippen molar-refractivity contribution < 1.29 is 14.3 Å². The molecule has 0 aromatic heterocycles. The van der Waals surface area contributed by atoms with Crippen molar-refractivity contribution >= 4 is 33.7 Å². The number of rotatable bonds is 13. The lowest BCUT2D eigenvalue weighted by atomic mass is 9.91. The number of fused-ring (bicyclic) bond motifs is 1. The molecule has 1 atom stereocenters. The van der Waals surface area contributed by atoms with Gasteiger partial charge in [-0.3, -0.25) is 14.6 Å². The molecule has 0 saturated heterocycles. The third kappa shape index (κ3) is 7.22. The number of ketones is 2. The molecule has 0 radical (unpaired) electrons. The first-order valence-electron chi connectivity index (χ1n) is 14.6. The number of ether oxygens (including phenoxy) is 1. The van der Waals surface area contributed by atoms with Crippen LogP contribution in [0.5, 0.6) is 5.75 Å². The van der Waals surface area contributed by atoms with E-state index in [4.69, 9.17) is 9.73 Å². The molecule has 0 spiro atoms. The van der Waals surface area contributed by atoms with Crippen molar-refractivity contribution in [3.8, 4) is 5.75 Å². The Morgan fingerprint density at radius 2 is 1.64 bits per heavy atom. The summed E-state index contributed by atoms with van der Waals surface area (Å²) in [5.41, 5.74) is 7.80. The van der Waals surface area contributed by atoms with Gasteiger partial charge in [-0.2, -0.15) is 0 Å². The van der Waals surface area contributed by atoms with E-state index < -0.39 is 0 Å². The topological polar surface area (TPSA) is 67.8 Å². The molecule has 0 bridgehead atoms. The maximum atomic E-state index is 12.9. The average molecular weight is 559 g/mol. The van der Waals surface area contributed by atoms with Crippen LogP contribution in [0.25, 0.3) is 10.8 Å². The van der Waals surface area contributed by atoms with Gasteiger partial charge in [-0.1, -0.05) is 72.8 Å². The van der Waals surface area contributed by atoms with Crippen LogP contribution in [0.1, 0.15) is 49.8 Å². The molecule has 214 valence electrons. The fraction of sp³-hybridized carbons (Fsp3) is 0.270. The highest BCUT2D eigenvalue weighted by Gasteiger charge is 2.20. The monoisotopic (exact) mass is 558 g/mol. The van der Waals surface area contributed by atoms with Gasteiger partial charge in [0.05, 0.1) is 18.9 Å². The maximum absolute atomic E-state index is 12.9. The summed E-state index contributed by atoms with van der Waals surface area (Å²) >= 11 is 0. The average Bonchev–Trinajstić information content (AvgIpc) is 3.37. The quantitative estimate of drug-likeness (QED) is 0.181. The van der Waals surface area contributed by atoms with Gasteiger partial charge in [0.15, 0.2) is 5.78 Å². The first-order chi connectivity index (χ1) is 20.4. The van der Waals surface area contributed by atoms with Gasteiger partial charge >= 0.3 is 0 Å². The molecule has 1 N–H and O–H groups in total. The second kappa shape index (κ2) is 13.4. The van der Waals surface area contributed by atoms with Crippen LogP contribution < -0.4 is 10.1 Å². The molecule has 5 heteroatoms. The van der Waals surface area contributed by atoms with Crippen molar-refractivity contribution in [2.45, 2.75) is 46.5 Å². The number of nitrogens with zero attached hydrogens (tertiary/aromatic N) is 1. The Kier molecular flexibility index (Phi) is 9.28. The van der Waals surface area contributed by atoms with E-state index in [1.807, 2.05) is 60.7 Å². The summed E-state index contributed by atoms with van der Waals surface area (Å²) in [7, 11) is 0. The molecule has 1 aliphatic rings. The smallest absolute Gasteiger partial charge is 0.152 e. The van der Waals surface area contributed by atoms with Crippen LogP contribution >= 0.6 is 0 Å². The van der Waals surface area contributed by atoms with Crippen LogP contribution in [0.2, 0.25) is 0 Å². The molecule has 5 rings (SSSR count).